The highest BCUT2D eigenvalue weighted by atomic mass is 32.2. The molecule has 1 saturated heterocycles. The summed E-state index contributed by atoms with van der Waals surface area (Å²) in [5, 5.41) is 0. The van der Waals surface area contributed by atoms with E-state index in [9.17, 15) is 13.2 Å². The SMILES string of the molecule is CCCCC(=O)N1CCN(S(=O)(=O)c2c(C)cc(C)cc2OC)CC1. The van der Waals surface area contributed by atoms with E-state index < -0.39 is 10.0 Å². The van der Waals surface area contributed by atoms with Crippen molar-refractivity contribution in [2.75, 3.05) is 33.3 Å². The normalized spacial score (nSPS) is 16.1. The van der Waals surface area contributed by atoms with Crippen molar-refractivity contribution in [2.24, 2.45) is 0 Å². The van der Waals surface area contributed by atoms with E-state index in [-0.39, 0.29) is 10.8 Å². The molecule has 0 aromatic heterocycles. The highest BCUT2D eigenvalue weighted by Gasteiger charge is 2.33. The number of carbonyl (C=O) groups is 1. The molecule has 2 rings (SSSR count). The zero-order valence-electron chi connectivity index (χ0n) is 15.5. The molecule has 0 N–H and O–H groups in total. The Balaban J connectivity index is 2.17. The van der Waals surface area contributed by atoms with Gasteiger partial charge in [-0.05, 0) is 37.5 Å². The van der Waals surface area contributed by atoms with E-state index in [0.29, 0.717) is 43.9 Å². The third-order valence-electron chi connectivity index (χ3n) is 4.54. The van der Waals surface area contributed by atoms with Gasteiger partial charge in [-0.1, -0.05) is 19.4 Å². The molecular formula is C18H28N2O4S. The molecule has 0 spiro atoms. The number of nitrogens with zero attached hydrogens (tertiary/aromatic N) is 2. The third kappa shape index (κ3) is 4.33. The molecule has 0 aliphatic carbocycles. The Morgan fingerprint density at radius 1 is 1.16 bits per heavy atom. The van der Waals surface area contributed by atoms with Crippen molar-refractivity contribution < 1.29 is 17.9 Å². The van der Waals surface area contributed by atoms with E-state index in [4.69, 9.17) is 4.74 Å². The minimum atomic E-state index is -3.65. The van der Waals surface area contributed by atoms with Crippen LogP contribution in [-0.4, -0.2) is 56.8 Å². The minimum absolute atomic E-state index is 0.114. The summed E-state index contributed by atoms with van der Waals surface area (Å²) in [6.45, 7) is 7.26. The molecule has 0 atom stereocenters. The average Bonchev–Trinajstić information content (AvgIpc) is 2.58. The molecule has 1 heterocycles. The summed E-state index contributed by atoms with van der Waals surface area (Å²) in [6.07, 6.45) is 2.39. The molecule has 1 amide bonds. The fraction of sp³-hybridized carbons (Fsp3) is 0.611. The van der Waals surface area contributed by atoms with Crippen LogP contribution in [0.4, 0.5) is 0 Å². The first-order valence-electron chi connectivity index (χ1n) is 8.74. The van der Waals surface area contributed by atoms with Crippen LogP contribution in [-0.2, 0) is 14.8 Å². The van der Waals surface area contributed by atoms with Crippen molar-refractivity contribution in [3.05, 3.63) is 23.3 Å². The average molecular weight is 368 g/mol. The standard InChI is InChI=1S/C18H28N2O4S/c1-5-6-7-17(21)19-8-10-20(11-9-19)25(22,23)18-15(3)12-14(2)13-16(18)24-4/h12-13H,5-11H2,1-4H3. The molecule has 0 saturated carbocycles. The van der Waals surface area contributed by atoms with Gasteiger partial charge in [0.1, 0.15) is 10.6 Å². The molecule has 1 aromatic rings. The summed E-state index contributed by atoms with van der Waals surface area (Å²) in [7, 11) is -2.16. The number of benzene rings is 1. The molecular weight excluding hydrogens is 340 g/mol. The number of sulfonamides is 1. The summed E-state index contributed by atoms with van der Waals surface area (Å²) in [5.74, 6) is 0.488. The van der Waals surface area contributed by atoms with Crippen LogP contribution in [0.25, 0.3) is 0 Å². The van der Waals surface area contributed by atoms with Crippen LogP contribution in [0.1, 0.15) is 37.3 Å². The summed E-state index contributed by atoms with van der Waals surface area (Å²) in [6, 6.07) is 3.59. The van der Waals surface area contributed by atoms with Gasteiger partial charge >= 0.3 is 0 Å². The van der Waals surface area contributed by atoms with E-state index in [2.05, 4.69) is 6.92 Å². The highest BCUT2D eigenvalue weighted by molar-refractivity contribution is 7.89. The highest BCUT2D eigenvalue weighted by Crippen LogP contribution is 2.31. The maximum Gasteiger partial charge on any atom is 0.247 e. The maximum atomic E-state index is 13.1. The molecule has 1 aliphatic rings. The second-order valence-electron chi connectivity index (χ2n) is 6.50. The molecule has 140 valence electrons. The van der Waals surface area contributed by atoms with Crippen molar-refractivity contribution in [1.29, 1.82) is 0 Å². The lowest BCUT2D eigenvalue weighted by atomic mass is 10.1. The number of piperazine rings is 1. The van der Waals surface area contributed by atoms with Crippen LogP contribution < -0.4 is 4.74 Å². The number of unbranched alkanes of at least 4 members (excludes halogenated alkanes) is 1. The fourth-order valence-corrected chi connectivity index (χ4v) is 4.96. The van der Waals surface area contributed by atoms with Crippen LogP contribution in [0.2, 0.25) is 0 Å². The topological polar surface area (TPSA) is 66.9 Å². The lowest BCUT2D eigenvalue weighted by Crippen LogP contribution is -2.50. The van der Waals surface area contributed by atoms with Gasteiger partial charge in [0.05, 0.1) is 7.11 Å². The molecule has 7 heteroatoms. The van der Waals surface area contributed by atoms with E-state index in [1.807, 2.05) is 13.0 Å². The van der Waals surface area contributed by atoms with Crippen molar-refractivity contribution in [3.63, 3.8) is 0 Å². The largest absolute Gasteiger partial charge is 0.495 e. The molecule has 0 radical (unpaired) electrons. The number of carbonyl (C=O) groups excluding carboxylic acids is 1. The van der Waals surface area contributed by atoms with E-state index in [1.165, 1.54) is 11.4 Å². The van der Waals surface area contributed by atoms with Gasteiger partial charge in [-0.15, -0.1) is 0 Å². The molecule has 6 nitrogen and oxygen atoms in total. The van der Waals surface area contributed by atoms with Gasteiger partial charge in [0.15, 0.2) is 0 Å². The lowest BCUT2D eigenvalue weighted by molar-refractivity contribution is -0.132. The van der Waals surface area contributed by atoms with Gasteiger partial charge in [0.2, 0.25) is 15.9 Å². The van der Waals surface area contributed by atoms with Crippen LogP contribution >= 0.6 is 0 Å². The first-order chi connectivity index (χ1) is 11.8. The van der Waals surface area contributed by atoms with Crippen LogP contribution in [0.5, 0.6) is 5.75 Å². The number of amides is 1. The van der Waals surface area contributed by atoms with Gasteiger partial charge in [0.25, 0.3) is 0 Å². The number of hydrogen-bond acceptors (Lipinski definition) is 4. The van der Waals surface area contributed by atoms with Gasteiger partial charge in [-0.25, -0.2) is 8.42 Å². The summed E-state index contributed by atoms with van der Waals surface area (Å²) < 4.78 is 33.0. The molecule has 1 aromatic carbocycles. The predicted octanol–water partition coefficient (Wildman–Crippen LogP) is 2.34. The van der Waals surface area contributed by atoms with Crippen LogP contribution in [0.15, 0.2) is 17.0 Å². The number of methoxy groups -OCH3 is 1. The van der Waals surface area contributed by atoms with Crippen LogP contribution in [0, 0.1) is 13.8 Å². The van der Waals surface area contributed by atoms with Crippen molar-refractivity contribution >= 4 is 15.9 Å². The molecule has 0 bridgehead atoms. The van der Waals surface area contributed by atoms with E-state index in [1.54, 1.807) is 17.9 Å². The second-order valence-corrected chi connectivity index (χ2v) is 8.38. The Morgan fingerprint density at radius 2 is 1.80 bits per heavy atom. The number of aryl methyl sites for hydroxylation is 2. The first-order valence-corrected chi connectivity index (χ1v) is 10.2. The van der Waals surface area contributed by atoms with Gasteiger partial charge in [-0.2, -0.15) is 4.31 Å². The van der Waals surface area contributed by atoms with Gasteiger partial charge in [0, 0.05) is 32.6 Å². The molecule has 0 unspecified atom stereocenters. The zero-order valence-corrected chi connectivity index (χ0v) is 16.4. The smallest absolute Gasteiger partial charge is 0.247 e. The number of hydrogen-bond donors (Lipinski definition) is 0. The van der Waals surface area contributed by atoms with Crippen molar-refractivity contribution in [1.82, 2.24) is 9.21 Å². The Morgan fingerprint density at radius 3 is 2.36 bits per heavy atom. The Hall–Kier alpha value is -1.60. The van der Waals surface area contributed by atoms with Gasteiger partial charge < -0.3 is 9.64 Å². The number of rotatable bonds is 6. The zero-order chi connectivity index (χ0) is 18.6. The van der Waals surface area contributed by atoms with E-state index in [0.717, 1.165) is 18.4 Å². The molecule has 25 heavy (non-hydrogen) atoms. The Labute approximate surface area is 150 Å². The monoisotopic (exact) mass is 368 g/mol. The predicted molar refractivity (Wildman–Crippen MR) is 97.3 cm³/mol. The number of ether oxygens (including phenoxy) is 1. The first kappa shape index (κ1) is 19.7. The second kappa shape index (κ2) is 8.19. The summed E-state index contributed by atoms with van der Waals surface area (Å²) in [5.41, 5.74) is 1.64. The fourth-order valence-electron chi connectivity index (χ4n) is 3.19. The molecule has 1 aliphatic heterocycles. The third-order valence-corrected chi connectivity index (χ3v) is 6.62. The minimum Gasteiger partial charge on any atom is -0.495 e. The van der Waals surface area contributed by atoms with Crippen molar-refractivity contribution in [3.8, 4) is 5.75 Å². The quantitative estimate of drug-likeness (QED) is 0.773. The summed E-state index contributed by atoms with van der Waals surface area (Å²) in [4.78, 5) is 14.1. The lowest BCUT2D eigenvalue weighted by Gasteiger charge is -2.34. The van der Waals surface area contributed by atoms with Crippen LogP contribution in [0.3, 0.4) is 0 Å². The Bertz CT molecular complexity index is 723. The van der Waals surface area contributed by atoms with Crippen molar-refractivity contribution in [2.45, 2.75) is 44.9 Å². The molecule has 1 fully saturated rings. The van der Waals surface area contributed by atoms with Gasteiger partial charge in [-0.3, -0.25) is 4.79 Å². The summed E-state index contributed by atoms with van der Waals surface area (Å²) >= 11 is 0. The maximum absolute atomic E-state index is 13.1. The van der Waals surface area contributed by atoms with E-state index >= 15 is 0 Å². The Kier molecular flexibility index (Phi) is 6.46.